The van der Waals surface area contributed by atoms with Gasteiger partial charge in [0.25, 0.3) is 0 Å². The number of ether oxygens (including phenoxy) is 1. The van der Waals surface area contributed by atoms with Gasteiger partial charge in [-0.2, -0.15) is 5.01 Å². The summed E-state index contributed by atoms with van der Waals surface area (Å²) in [6.07, 6.45) is -0.657. The number of aliphatic imine (C=N–C) groups is 1. The number of benzene rings is 2. The molecule has 0 radical (unpaired) electrons. The fraction of sp³-hybridized carbons (Fsp3) is 0.400. The molecule has 4 heterocycles. The number of carbonyl (C=O) groups is 2. The second-order valence-corrected chi connectivity index (χ2v) is 9.35. The van der Waals surface area contributed by atoms with E-state index < -0.39 is 6.23 Å². The number of amides is 2. The van der Waals surface area contributed by atoms with Crippen molar-refractivity contribution in [2.75, 3.05) is 18.0 Å². The molecule has 3 N–H and O–H groups in total. The van der Waals surface area contributed by atoms with Crippen LogP contribution in [0.2, 0.25) is 5.02 Å². The molecule has 184 valence electrons. The first-order chi connectivity index (χ1) is 16.9. The van der Waals surface area contributed by atoms with E-state index in [1.54, 1.807) is 0 Å². The minimum absolute atomic E-state index is 0.0582. The summed E-state index contributed by atoms with van der Waals surface area (Å²) in [4.78, 5) is 31.8. The highest BCUT2D eigenvalue weighted by atomic mass is 35.5. The van der Waals surface area contributed by atoms with E-state index in [2.05, 4.69) is 27.9 Å². The molecule has 4 unspecified atom stereocenters. The first-order valence-electron chi connectivity index (χ1n) is 11.8. The lowest BCUT2D eigenvalue weighted by molar-refractivity contribution is -0.122. The van der Waals surface area contributed by atoms with Crippen LogP contribution in [0, 0.1) is 0 Å². The second-order valence-electron chi connectivity index (χ2n) is 8.92. The number of anilines is 1. The molecule has 4 aliphatic heterocycles. The minimum atomic E-state index is -0.460. The molecule has 9 nitrogen and oxygen atoms in total. The van der Waals surface area contributed by atoms with Gasteiger partial charge in [-0.3, -0.25) is 14.6 Å². The quantitative estimate of drug-likeness (QED) is 0.567. The van der Waals surface area contributed by atoms with E-state index in [0.29, 0.717) is 23.9 Å². The summed E-state index contributed by atoms with van der Waals surface area (Å²) < 4.78 is 6.38. The predicted octanol–water partition coefficient (Wildman–Crippen LogP) is 2.24. The number of hydrogen-bond acceptors (Lipinski definition) is 7. The van der Waals surface area contributed by atoms with Gasteiger partial charge in [-0.1, -0.05) is 23.7 Å². The highest BCUT2D eigenvalue weighted by Crippen LogP contribution is 2.40. The smallest absolute Gasteiger partial charge is 0.222 e. The van der Waals surface area contributed by atoms with E-state index in [4.69, 9.17) is 21.3 Å². The third kappa shape index (κ3) is 4.47. The SMILES string of the molecule is CCNC(=O)C[C@@H]1N=C(c2ccc(Cl)cc2)c2cc3ccc2N2C1NN(C(CNC(C)=O)O3)C2C. The van der Waals surface area contributed by atoms with Gasteiger partial charge in [0.2, 0.25) is 11.8 Å². The number of halogens is 1. The summed E-state index contributed by atoms with van der Waals surface area (Å²) in [6, 6.07) is 13.2. The maximum Gasteiger partial charge on any atom is 0.222 e. The van der Waals surface area contributed by atoms with Crippen molar-refractivity contribution in [3.05, 3.63) is 58.6 Å². The van der Waals surface area contributed by atoms with E-state index in [0.717, 1.165) is 22.5 Å². The Labute approximate surface area is 209 Å². The van der Waals surface area contributed by atoms with E-state index in [9.17, 15) is 9.59 Å². The fourth-order valence-corrected chi connectivity index (χ4v) is 5.11. The van der Waals surface area contributed by atoms with Gasteiger partial charge in [-0.15, -0.1) is 0 Å². The van der Waals surface area contributed by atoms with Crippen molar-refractivity contribution in [2.24, 2.45) is 4.99 Å². The van der Waals surface area contributed by atoms with E-state index >= 15 is 0 Å². The van der Waals surface area contributed by atoms with Crippen molar-refractivity contribution in [1.29, 1.82) is 0 Å². The molecular weight excluding hydrogens is 468 g/mol. The molecule has 5 atom stereocenters. The van der Waals surface area contributed by atoms with Crippen molar-refractivity contribution in [1.82, 2.24) is 21.1 Å². The van der Waals surface area contributed by atoms with Crippen LogP contribution in [-0.4, -0.2) is 60.2 Å². The highest BCUT2D eigenvalue weighted by Gasteiger charge is 2.48. The molecule has 6 rings (SSSR count). The first kappa shape index (κ1) is 23.6. The Morgan fingerprint density at radius 2 is 1.94 bits per heavy atom. The van der Waals surface area contributed by atoms with Gasteiger partial charge in [-0.25, -0.2) is 5.43 Å². The van der Waals surface area contributed by atoms with Crippen LogP contribution in [0.25, 0.3) is 0 Å². The van der Waals surface area contributed by atoms with Crippen molar-refractivity contribution in [2.45, 2.75) is 51.8 Å². The van der Waals surface area contributed by atoms with E-state index in [1.165, 1.54) is 6.92 Å². The van der Waals surface area contributed by atoms with Crippen molar-refractivity contribution < 1.29 is 14.3 Å². The van der Waals surface area contributed by atoms with Crippen molar-refractivity contribution >= 4 is 34.8 Å². The van der Waals surface area contributed by atoms with Crippen LogP contribution >= 0.6 is 11.6 Å². The van der Waals surface area contributed by atoms with Gasteiger partial charge in [0, 0.05) is 35.3 Å². The van der Waals surface area contributed by atoms with Gasteiger partial charge < -0.3 is 20.3 Å². The molecule has 2 amide bonds. The lowest BCUT2D eigenvalue weighted by atomic mass is 9.99. The zero-order valence-electron chi connectivity index (χ0n) is 19.9. The Morgan fingerprint density at radius 3 is 2.66 bits per heavy atom. The molecule has 2 aromatic carbocycles. The topological polar surface area (TPSA) is 98.3 Å². The van der Waals surface area contributed by atoms with Gasteiger partial charge in [0.1, 0.15) is 11.9 Å². The normalized spacial score (nSPS) is 26.2. The average Bonchev–Trinajstić information content (AvgIpc) is 3.13. The van der Waals surface area contributed by atoms with Gasteiger partial charge in [-0.05, 0) is 44.2 Å². The zero-order valence-corrected chi connectivity index (χ0v) is 20.7. The van der Waals surface area contributed by atoms with E-state index in [-0.39, 0.29) is 36.6 Å². The molecule has 0 saturated carbocycles. The van der Waals surface area contributed by atoms with E-state index in [1.807, 2.05) is 54.4 Å². The number of nitrogens with zero attached hydrogens (tertiary/aromatic N) is 3. The molecular formula is C25H29ClN6O3. The molecule has 4 aliphatic rings. The van der Waals surface area contributed by atoms with Crippen LogP contribution < -0.4 is 25.7 Å². The molecule has 10 heteroatoms. The monoisotopic (exact) mass is 496 g/mol. The lowest BCUT2D eigenvalue weighted by Gasteiger charge is -2.32. The zero-order chi connectivity index (χ0) is 24.7. The molecule has 1 saturated heterocycles. The second kappa shape index (κ2) is 9.49. The molecule has 0 aromatic heterocycles. The molecule has 35 heavy (non-hydrogen) atoms. The average molecular weight is 497 g/mol. The Bertz CT molecular complexity index is 1170. The Balaban J connectivity index is 1.66. The Hall–Kier alpha value is -3.14. The third-order valence-electron chi connectivity index (χ3n) is 6.54. The highest BCUT2D eigenvalue weighted by molar-refractivity contribution is 6.30. The number of rotatable bonds is 6. The van der Waals surface area contributed by atoms with Crippen LogP contribution in [-0.2, 0) is 9.59 Å². The fourth-order valence-electron chi connectivity index (χ4n) is 4.98. The molecule has 1 fully saturated rings. The van der Waals surface area contributed by atoms with Crippen LogP contribution in [0.1, 0.15) is 38.3 Å². The van der Waals surface area contributed by atoms with Crippen LogP contribution in [0.5, 0.6) is 5.75 Å². The van der Waals surface area contributed by atoms with Crippen LogP contribution in [0.15, 0.2) is 47.5 Å². The lowest BCUT2D eigenvalue weighted by Crippen LogP contribution is -2.54. The predicted molar refractivity (Wildman–Crippen MR) is 134 cm³/mol. The maximum atomic E-state index is 12.7. The summed E-state index contributed by atoms with van der Waals surface area (Å²) >= 11 is 6.17. The third-order valence-corrected chi connectivity index (χ3v) is 6.79. The van der Waals surface area contributed by atoms with Gasteiger partial charge >= 0.3 is 0 Å². The number of nitrogens with one attached hydrogen (secondary N) is 3. The Kier molecular flexibility index (Phi) is 6.39. The number of hydrogen-bond donors (Lipinski definition) is 3. The van der Waals surface area contributed by atoms with Crippen molar-refractivity contribution in [3.63, 3.8) is 0 Å². The summed E-state index contributed by atoms with van der Waals surface area (Å²) in [7, 11) is 0. The largest absolute Gasteiger partial charge is 0.472 e. The minimum Gasteiger partial charge on any atom is -0.472 e. The number of fused-ring (bicyclic) bond motifs is 2. The number of carbonyl (C=O) groups excluding carboxylic acids is 2. The molecule has 0 aliphatic carbocycles. The van der Waals surface area contributed by atoms with Gasteiger partial charge in [0.15, 0.2) is 6.23 Å². The Morgan fingerprint density at radius 1 is 1.17 bits per heavy atom. The first-order valence-corrected chi connectivity index (χ1v) is 12.2. The summed E-state index contributed by atoms with van der Waals surface area (Å²) in [5.41, 5.74) is 7.17. The summed E-state index contributed by atoms with van der Waals surface area (Å²) in [6.45, 7) is 6.33. The van der Waals surface area contributed by atoms with Crippen LogP contribution in [0.3, 0.4) is 0 Å². The molecule has 5 bridgehead atoms. The molecule has 2 aromatic rings. The van der Waals surface area contributed by atoms with Crippen LogP contribution in [0.4, 0.5) is 5.69 Å². The van der Waals surface area contributed by atoms with Crippen molar-refractivity contribution in [3.8, 4) is 5.75 Å². The molecule has 0 spiro atoms. The standard InChI is InChI=1S/C25H29ClN6O3/c1-4-27-22(34)12-20-25-30-32-15(3)31(25)21-10-9-18(35-23(32)13-28-14(2)33)11-19(21)24(29-20)16-5-7-17(26)8-6-16/h5-11,15,20,23,25,30H,4,12-13H2,1-3H3,(H,27,34)(H,28,33)/t15?,20-,23?,25?/m0/s1. The summed E-state index contributed by atoms with van der Waals surface area (Å²) in [5.74, 6) is 0.482. The number of hydrazine groups is 1. The summed E-state index contributed by atoms with van der Waals surface area (Å²) in [5, 5.41) is 8.42. The maximum absolute atomic E-state index is 12.7. The van der Waals surface area contributed by atoms with Gasteiger partial charge in [0.05, 0.1) is 30.9 Å².